The summed E-state index contributed by atoms with van der Waals surface area (Å²) in [6, 6.07) is 0.852. The molecule has 16 nitrogen and oxygen atoms in total. The highest BCUT2D eigenvalue weighted by Gasteiger charge is 2.52. The van der Waals surface area contributed by atoms with Crippen LogP contribution in [0.15, 0.2) is 21.9 Å². The van der Waals surface area contributed by atoms with Crippen LogP contribution in [0.2, 0.25) is 0 Å². The van der Waals surface area contributed by atoms with Gasteiger partial charge in [-0.3, -0.25) is 18.9 Å². The molecule has 2 unspecified atom stereocenters. The van der Waals surface area contributed by atoms with E-state index in [9.17, 15) is 37.7 Å². The second-order valence-corrected chi connectivity index (χ2v) is 11.4. The Hall–Kier alpha value is -0.770. The summed E-state index contributed by atoms with van der Waals surface area (Å²) in [5, 5.41) is 10.6. The van der Waals surface area contributed by atoms with Crippen LogP contribution in [0.25, 0.3) is 0 Å². The van der Waals surface area contributed by atoms with E-state index in [0.29, 0.717) is 4.57 Å². The first kappa shape index (κ1) is 29.3. The molecule has 0 saturated heterocycles. The number of rotatable bonds is 12. The Bertz CT molecular complexity index is 1060. The summed E-state index contributed by atoms with van der Waals surface area (Å²) >= 11 is 6.18. The van der Waals surface area contributed by atoms with Crippen molar-refractivity contribution in [2.45, 2.75) is 23.6 Å². The molecule has 0 aromatic carbocycles. The third-order valence-electron chi connectivity index (χ3n) is 3.81. The number of H-pyrrole nitrogens is 1. The van der Waals surface area contributed by atoms with E-state index >= 15 is 0 Å². The standard InChI is InChI=1S/C11H19ClFN2O14P3/c1-10(12,15-4-3-7(16)14-9(15)18)8(17)11(5-13,26-2)6-27-31(22,23)29-32(24,25)28-30(19,20)21/h3-4,8,17H,5-6H2,1-2H3,(H,22,23)(H,24,25)(H,14,16,18)(H2,19,20,21)/t8-,10-,11+/m0/s1. The molecule has 0 saturated carbocycles. The van der Waals surface area contributed by atoms with Crippen molar-refractivity contribution in [3.05, 3.63) is 33.1 Å². The summed E-state index contributed by atoms with van der Waals surface area (Å²) in [5.74, 6) is 0. The largest absolute Gasteiger partial charge is 0.490 e. The minimum atomic E-state index is -5.85. The number of aromatic nitrogens is 2. The van der Waals surface area contributed by atoms with Crippen LogP contribution in [-0.2, 0) is 36.6 Å². The molecule has 1 aromatic rings. The number of aliphatic hydroxyl groups excluding tert-OH is 1. The zero-order chi connectivity index (χ0) is 25.2. The Labute approximate surface area is 183 Å². The highest BCUT2D eigenvalue weighted by atomic mass is 35.5. The van der Waals surface area contributed by atoms with Gasteiger partial charge in [0.25, 0.3) is 5.56 Å². The minimum absolute atomic E-state index is 0.578. The van der Waals surface area contributed by atoms with Crippen molar-refractivity contribution in [2.24, 2.45) is 0 Å². The van der Waals surface area contributed by atoms with Crippen LogP contribution in [0.3, 0.4) is 0 Å². The number of nitrogens with one attached hydrogen (secondary N) is 1. The van der Waals surface area contributed by atoms with Crippen molar-refractivity contribution in [3.8, 4) is 0 Å². The normalized spacial score (nSPS) is 21.0. The molecule has 1 aromatic heterocycles. The molecule has 0 amide bonds. The molecule has 5 atom stereocenters. The van der Waals surface area contributed by atoms with Crippen LogP contribution in [0.1, 0.15) is 6.92 Å². The quantitative estimate of drug-likeness (QED) is 0.142. The molecule has 32 heavy (non-hydrogen) atoms. The Balaban J connectivity index is 3.19. The van der Waals surface area contributed by atoms with Crippen LogP contribution >= 0.6 is 35.1 Å². The van der Waals surface area contributed by atoms with Gasteiger partial charge in [0.05, 0.1) is 6.61 Å². The van der Waals surface area contributed by atoms with Crippen LogP contribution in [0.5, 0.6) is 0 Å². The second kappa shape index (κ2) is 10.2. The maximum absolute atomic E-state index is 13.9. The Morgan fingerprint density at radius 1 is 1.19 bits per heavy atom. The first-order valence-electron chi connectivity index (χ1n) is 7.90. The monoisotopic (exact) mass is 550 g/mol. The molecular formula is C11H19ClFN2O14P3. The third-order valence-corrected chi connectivity index (χ3v) is 7.98. The van der Waals surface area contributed by atoms with Crippen LogP contribution in [0.4, 0.5) is 4.39 Å². The van der Waals surface area contributed by atoms with Gasteiger partial charge in [0.2, 0.25) is 0 Å². The van der Waals surface area contributed by atoms with Crippen molar-refractivity contribution in [2.75, 3.05) is 20.4 Å². The maximum atomic E-state index is 13.9. The van der Waals surface area contributed by atoms with Gasteiger partial charge in [-0.1, -0.05) is 11.6 Å². The smallest absolute Gasteiger partial charge is 0.386 e. The maximum Gasteiger partial charge on any atom is 0.490 e. The number of hydrogen-bond acceptors (Lipinski definition) is 10. The number of nitrogens with zero attached hydrogens (tertiary/aromatic N) is 1. The molecule has 0 aliphatic carbocycles. The van der Waals surface area contributed by atoms with Crippen molar-refractivity contribution in [1.82, 2.24) is 9.55 Å². The van der Waals surface area contributed by atoms with Gasteiger partial charge in [-0.25, -0.2) is 22.9 Å². The summed E-state index contributed by atoms with van der Waals surface area (Å²) < 4.78 is 64.5. The average Bonchev–Trinajstić information content (AvgIpc) is 2.59. The van der Waals surface area contributed by atoms with Gasteiger partial charge < -0.3 is 29.4 Å². The van der Waals surface area contributed by atoms with Gasteiger partial charge in [-0.15, -0.1) is 0 Å². The van der Waals surface area contributed by atoms with Crippen molar-refractivity contribution in [1.29, 1.82) is 0 Å². The van der Waals surface area contributed by atoms with E-state index in [1.165, 1.54) is 0 Å². The van der Waals surface area contributed by atoms with Crippen LogP contribution < -0.4 is 11.2 Å². The molecule has 6 N–H and O–H groups in total. The average molecular weight is 551 g/mol. The zero-order valence-corrected chi connectivity index (χ0v) is 19.5. The molecule has 0 bridgehead atoms. The number of aliphatic hydroxyl groups is 1. The minimum Gasteiger partial charge on any atom is -0.386 e. The lowest BCUT2D eigenvalue weighted by Gasteiger charge is -2.41. The van der Waals surface area contributed by atoms with E-state index in [1.54, 1.807) is 0 Å². The number of phosphoric ester groups is 1. The highest BCUT2D eigenvalue weighted by Crippen LogP contribution is 2.66. The van der Waals surface area contributed by atoms with E-state index in [-0.39, 0.29) is 0 Å². The Morgan fingerprint density at radius 3 is 2.19 bits per heavy atom. The number of ether oxygens (including phenoxy) is 1. The fourth-order valence-electron chi connectivity index (χ4n) is 2.28. The van der Waals surface area contributed by atoms with E-state index in [2.05, 4.69) is 13.1 Å². The number of phosphoric acid groups is 3. The lowest BCUT2D eigenvalue weighted by Crippen LogP contribution is -2.60. The van der Waals surface area contributed by atoms with Gasteiger partial charge in [-0.2, -0.15) is 8.62 Å². The first-order valence-corrected chi connectivity index (χ1v) is 12.8. The topological polar surface area (TPSA) is 244 Å². The van der Waals surface area contributed by atoms with E-state index in [1.807, 2.05) is 4.98 Å². The lowest BCUT2D eigenvalue weighted by atomic mass is 9.93. The second-order valence-electron chi connectivity index (χ2n) is 6.17. The number of aromatic amines is 1. The van der Waals surface area contributed by atoms with E-state index in [0.717, 1.165) is 26.3 Å². The predicted octanol–water partition coefficient (Wildman–Crippen LogP) is -0.493. The first-order chi connectivity index (χ1) is 14.3. The molecule has 0 aliphatic heterocycles. The number of alkyl halides is 2. The van der Waals surface area contributed by atoms with E-state index in [4.69, 9.17) is 31.0 Å². The number of methoxy groups -OCH3 is 1. The van der Waals surface area contributed by atoms with Gasteiger partial charge in [-0.05, 0) is 6.92 Å². The molecule has 0 fully saturated rings. The number of halogens is 2. The Kier molecular flexibility index (Phi) is 9.36. The third kappa shape index (κ3) is 7.64. The molecule has 1 rings (SSSR count). The molecule has 1 heterocycles. The summed E-state index contributed by atoms with van der Waals surface area (Å²) in [6.07, 6.45) is -1.40. The summed E-state index contributed by atoms with van der Waals surface area (Å²) in [5.41, 5.74) is -4.55. The SMILES string of the molecule is CO[C@](CF)(COP(=O)(O)OP(=O)(O)OP(=O)(O)O)[C@@H](O)[C@@](C)(Cl)n1ccc(=O)[nH]c1=O. The molecule has 0 aliphatic rings. The van der Waals surface area contributed by atoms with Crippen LogP contribution in [-0.4, -0.2) is 66.3 Å². The van der Waals surface area contributed by atoms with Gasteiger partial charge in [0.1, 0.15) is 23.4 Å². The predicted molar refractivity (Wildman–Crippen MR) is 102 cm³/mol. The fraction of sp³-hybridized carbons (Fsp3) is 0.636. The van der Waals surface area contributed by atoms with Crippen LogP contribution in [0, 0.1) is 0 Å². The van der Waals surface area contributed by atoms with Crippen molar-refractivity contribution in [3.63, 3.8) is 0 Å². The molecule has 0 radical (unpaired) electrons. The molecule has 0 spiro atoms. The van der Waals surface area contributed by atoms with Gasteiger partial charge in [0.15, 0.2) is 0 Å². The highest BCUT2D eigenvalue weighted by molar-refractivity contribution is 7.66. The summed E-state index contributed by atoms with van der Waals surface area (Å²) in [6.45, 7) is -2.10. The van der Waals surface area contributed by atoms with Gasteiger partial charge in [0, 0.05) is 19.4 Å². The van der Waals surface area contributed by atoms with Crippen molar-refractivity contribution < 1.29 is 60.6 Å². The summed E-state index contributed by atoms with van der Waals surface area (Å²) in [7, 11) is -16.4. The molecule has 21 heteroatoms. The van der Waals surface area contributed by atoms with Gasteiger partial charge >= 0.3 is 29.2 Å². The lowest BCUT2D eigenvalue weighted by molar-refractivity contribution is -0.157. The number of hydrogen-bond donors (Lipinski definition) is 6. The molecule has 186 valence electrons. The van der Waals surface area contributed by atoms with E-state index < -0.39 is 64.7 Å². The fourth-order valence-corrected chi connectivity index (χ4v) is 5.69. The zero-order valence-electron chi connectivity index (χ0n) is 16.1. The Morgan fingerprint density at radius 2 is 1.75 bits per heavy atom. The van der Waals surface area contributed by atoms with Crippen molar-refractivity contribution >= 4 is 35.1 Å². The molecular weight excluding hydrogens is 531 g/mol. The summed E-state index contributed by atoms with van der Waals surface area (Å²) in [4.78, 5) is 58.4.